The minimum Gasteiger partial charge on any atom is -0.462 e. The maximum atomic E-state index is 12.8. The van der Waals surface area contributed by atoms with E-state index in [1.54, 1.807) is 0 Å². The van der Waals surface area contributed by atoms with Crippen molar-refractivity contribution in [1.82, 2.24) is 0 Å². The van der Waals surface area contributed by atoms with Crippen molar-refractivity contribution in [2.45, 2.75) is 297 Å². The van der Waals surface area contributed by atoms with Crippen molar-refractivity contribution >= 4 is 17.9 Å². The summed E-state index contributed by atoms with van der Waals surface area (Å²) in [5.41, 5.74) is 0. The third kappa shape index (κ3) is 55.6. The van der Waals surface area contributed by atoms with Crippen LogP contribution >= 0.6 is 0 Å². The first-order valence-electron chi connectivity index (χ1n) is 29.4. The van der Waals surface area contributed by atoms with Gasteiger partial charge in [0.05, 0.1) is 0 Å². The smallest absolute Gasteiger partial charge is 0.306 e. The average molecular weight is 964 g/mol. The predicted octanol–water partition coefficient (Wildman–Crippen LogP) is 19.8. The van der Waals surface area contributed by atoms with Crippen LogP contribution in [0.15, 0.2) is 72.9 Å². The van der Waals surface area contributed by atoms with Crippen molar-refractivity contribution < 1.29 is 28.6 Å². The molecular formula is C63H110O6. The van der Waals surface area contributed by atoms with Gasteiger partial charge in [-0.1, -0.05) is 248 Å². The van der Waals surface area contributed by atoms with Gasteiger partial charge >= 0.3 is 17.9 Å². The molecule has 0 heterocycles. The van der Waals surface area contributed by atoms with Crippen molar-refractivity contribution in [3.8, 4) is 0 Å². The fourth-order valence-electron chi connectivity index (χ4n) is 8.22. The predicted molar refractivity (Wildman–Crippen MR) is 298 cm³/mol. The van der Waals surface area contributed by atoms with E-state index in [1.807, 2.05) is 0 Å². The van der Waals surface area contributed by atoms with Crippen LogP contribution in [-0.4, -0.2) is 37.2 Å². The monoisotopic (exact) mass is 963 g/mol. The largest absolute Gasteiger partial charge is 0.462 e. The lowest BCUT2D eigenvalue weighted by molar-refractivity contribution is -0.167. The highest BCUT2D eigenvalue weighted by Gasteiger charge is 2.19. The second-order valence-corrected chi connectivity index (χ2v) is 19.6. The fraction of sp³-hybridized carbons (Fsp3) is 0.762. The van der Waals surface area contributed by atoms with Crippen LogP contribution in [0.3, 0.4) is 0 Å². The van der Waals surface area contributed by atoms with Gasteiger partial charge in [0.25, 0.3) is 0 Å². The Hall–Kier alpha value is -3.15. The highest BCUT2D eigenvalue weighted by molar-refractivity contribution is 5.71. The number of ether oxygens (including phenoxy) is 3. The third-order valence-electron chi connectivity index (χ3n) is 12.7. The van der Waals surface area contributed by atoms with Gasteiger partial charge in [-0.15, -0.1) is 0 Å². The molecule has 0 rings (SSSR count). The quantitative estimate of drug-likeness (QED) is 0.0262. The molecule has 1 unspecified atom stereocenters. The molecule has 6 heteroatoms. The Balaban J connectivity index is 4.33. The van der Waals surface area contributed by atoms with Crippen LogP contribution in [0.1, 0.15) is 290 Å². The van der Waals surface area contributed by atoms with Crippen molar-refractivity contribution in [2.75, 3.05) is 13.2 Å². The third-order valence-corrected chi connectivity index (χ3v) is 12.7. The molecular weight excluding hydrogens is 853 g/mol. The summed E-state index contributed by atoms with van der Waals surface area (Å²) in [4.78, 5) is 38.1. The first-order chi connectivity index (χ1) is 34.0. The molecule has 0 aliphatic carbocycles. The van der Waals surface area contributed by atoms with Gasteiger partial charge in [0.1, 0.15) is 13.2 Å². The maximum Gasteiger partial charge on any atom is 0.306 e. The summed E-state index contributed by atoms with van der Waals surface area (Å²) < 4.78 is 16.8. The van der Waals surface area contributed by atoms with Crippen molar-refractivity contribution in [3.63, 3.8) is 0 Å². The number of hydrogen-bond acceptors (Lipinski definition) is 6. The van der Waals surface area contributed by atoms with Gasteiger partial charge in [0.2, 0.25) is 0 Å². The van der Waals surface area contributed by atoms with E-state index in [9.17, 15) is 14.4 Å². The van der Waals surface area contributed by atoms with Crippen LogP contribution in [-0.2, 0) is 28.6 Å². The van der Waals surface area contributed by atoms with E-state index in [1.165, 1.54) is 148 Å². The van der Waals surface area contributed by atoms with E-state index in [0.29, 0.717) is 19.3 Å². The second-order valence-electron chi connectivity index (χ2n) is 19.6. The number of allylic oxidation sites excluding steroid dienone is 12. The van der Waals surface area contributed by atoms with Crippen molar-refractivity contribution in [1.29, 1.82) is 0 Å². The normalized spacial score (nSPS) is 12.6. The Labute approximate surface area is 427 Å². The highest BCUT2D eigenvalue weighted by Crippen LogP contribution is 2.15. The van der Waals surface area contributed by atoms with Gasteiger partial charge in [-0.25, -0.2) is 0 Å². The lowest BCUT2D eigenvalue weighted by Crippen LogP contribution is -2.30. The molecule has 0 bridgehead atoms. The molecule has 1 atom stereocenters. The van der Waals surface area contributed by atoms with E-state index in [0.717, 1.165) is 103 Å². The topological polar surface area (TPSA) is 78.9 Å². The van der Waals surface area contributed by atoms with Crippen LogP contribution in [0, 0.1) is 0 Å². The van der Waals surface area contributed by atoms with Gasteiger partial charge in [-0.3, -0.25) is 14.4 Å². The average Bonchev–Trinajstić information content (AvgIpc) is 3.35. The zero-order valence-electron chi connectivity index (χ0n) is 45.6. The molecule has 0 saturated heterocycles. The maximum absolute atomic E-state index is 12.8. The van der Waals surface area contributed by atoms with E-state index >= 15 is 0 Å². The Bertz CT molecular complexity index is 1290. The van der Waals surface area contributed by atoms with Gasteiger partial charge in [-0.05, 0) is 96.3 Å². The molecule has 6 nitrogen and oxygen atoms in total. The molecule has 0 radical (unpaired) electrons. The van der Waals surface area contributed by atoms with Gasteiger partial charge < -0.3 is 14.2 Å². The Morgan fingerprint density at radius 3 is 0.812 bits per heavy atom. The number of rotatable bonds is 53. The Morgan fingerprint density at radius 2 is 0.522 bits per heavy atom. The van der Waals surface area contributed by atoms with E-state index in [-0.39, 0.29) is 31.1 Å². The Kier molecular flexibility index (Phi) is 54.8. The van der Waals surface area contributed by atoms with E-state index < -0.39 is 6.10 Å². The van der Waals surface area contributed by atoms with E-state index in [4.69, 9.17) is 14.2 Å². The molecule has 0 spiro atoms. The lowest BCUT2D eigenvalue weighted by atomic mass is 10.1. The van der Waals surface area contributed by atoms with Crippen LogP contribution < -0.4 is 0 Å². The number of hydrogen-bond donors (Lipinski definition) is 0. The van der Waals surface area contributed by atoms with Crippen LogP contribution in [0.4, 0.5) is 0 Å². The lowest BCUT2D eigenvalue weighted by Gasteiger charge is -2.18. The van der Waals surface area contributed by atoms with Crippen molar-refractivity contribution in [3.05, 3.63) is 72.9 Å². The molecule has 0 fully saturated rings. The summed E-state index contributed by atoms with van der Waals surface area (Å²) in [5.74, 6) is -0.905. The van der Waals surface area contributed by atoms with Crippen LogP contribution in [0.2, 0.25) is 0 Å². The van der Waals surface area contributed by atoms with Gasteiger partial charge in [0.15, 0.2) is 6.10 Å². The minimum atomic E-state index is -0.786. The van der Waals surface area contributed by atoms with Crippen molar-refractivity contribution in [2.24, 2.45) is 0 Å². The summed E-state index contributed by atoms with van der Waals surface area (Å²) in [7, 11) is 0. The van der Waals surface area contributed by atoms with Crippen LogP contribution in [0.25, 0.3) is 0 Å². The molecule has 69 heavy (non-hydrogen) atoms. The zero-order chi connectivity index (χ0) is 50.0. The molecule has 0 aliphatic heterocycles. The SMILES string of the molecule is CCCCCCC/C=C\C/C=C\C/C=C\CCCCCCCCC(=O)OCC(COC(=O)CCCCCCCCCCC)OC(=O)CCCCCCCC/C=C\C/C=C\C/C=C\CCCCCCC. The first-order valence-corrected chi connectivity index (χ1v) is 29.4. The molecule has 0 saturated carbocycles. The number of esters is 3. The molecule has 0 aliphatic rings. The number of unbranched alkanes of at least 4 members (excludes halogenated alkanes) is 30. The summed E-state index contributed by atoms with van der Waals surface area (Å²) in [6.45, 7) is 6.59. The minimum absolute atomic E-state index is 0.0838. The molecule has 398 valence electrons. The Morgan fingerprint density at radius 1 is 0.290 bits per heavy atom. The zero-order valence-corrected chi connectivity index (χ0v) is 45.6. The molecule has 0 N–H and O–H groups in total. The second kappa shape index (κ2) is 57.4. The highest BCUT2D eigenvalue weighted by atomic mass is 16.6. The van der Waals surface area contributed by atoms with Gasteiger partial charge in [-0.2, -0.15) is 0 Å². The van der Waals surface area contributed by atoms with E-state index in [2.05, 4.69) is 93.7 Å². The molecule has 0 amide bonds. The first kappa shape index (κ1) is 65.8. The number of carbonyl (C=O) groups is 3. The molecule has 0 aromatic rings. The summed E-state index contributed by atoms with van der Waals surface area (Å²) in [6.07, 6.45) is 73.3. The summed E-state index contributed by atoms with van der Waals surface area (Å²) in [5, 5.41) is 0. The summed E-state index contributed by atoms with van der Waals surface area (Å²) >= 11 is 0. The van der Waals surface area contributed by atoms with Gasteiger partial charge in [0, 0.05) is 19.3 Å². The standard InChI is InChI=1S/C63H110O6/c1-4-7-10-13-16-19-21-23-25-27-29-31-33-35-37-39-41-44-47-50-53-56-62(65)68-59-60(58-67-61(64)55-52-49-46-43-18-15-12-9-6-3)69-63(66)57-54-51-48-45-42-40-38-36-34-32-30-28-26-24-22-20-17-14-11-8-5-2/h21-24,27-30,33-36,60H,4-20,25-26,31-32,37-59H2,1-3H3/b23-21-,24-22-,29-27-,30-28-,35-33-,36-34-. The molecule has 0 aromatic carbocycles. The summed E-state index contributed by atoms with van der Waals surface area (Å²) in [6, 6.07) is 0. The van der Waals surface area contributed by atoms with Crippen LogP contribution in [0.5, 0.6) is 0 Å². The fourth-order valence-corrected chi connectivity index (χ4v) is 8.22. The number of carbonyl (C=O) groups excluding carboxylic acids is 3. The molecule has 0 aromatic heterocycles.